The van der Waals surface area contributed by atoms with Gasteiger partial charge in [0.25, 0.3) is 0 Å². The van der Waals surface area contributed by atoms with Gasteiger partial charge in [-0.05, 0) is 58.0 Å². The maximum atomic E-state index is 12.8. The van der Waals surface area contributed by atoms with Crippen LogP contribution in [0.2, 0.25) is 0 Å². The van der Waals surface area contributed by atoms with Crippen LogP contribution in [0.1, 0.15) is 38.7 Å². The molecule has 1 aliphatic heterocycles. The average Bonchev–Trinajstić information content (AvgIpc) is 2.48. The first-order valence-electron chi connectivity index (χ1n) is 7.56. The number of hydrogen-bond acceptors (Lipinski definition) is 3. The number of likely N-dealkylation sites (tertiary alicyclic amines) is 1. The van der Waals surface area contributed by atoms with Crippen molar-refractivity contribution in [3.05, 3.63) is 28.2 Å². The Kier molecular flexibility index (Phi) is 5.44. The SMILES string of the molecule is COc1ccc(Br)cc1CC(=O)C(C)(C)N1CCCCC1. The monoisotopic (exact) mass is 353 g/mol. The van der Waals surface area contributed by atoms with Gasteiger partial charge in [-0.2, -0.15) is 0 Å². The lowest BCUT2D eigenvalue weighted by Gasteiger charge is -2.39. The lowest BCUT2D eigenvalue weighted by Crippen LogP contribution is -2.52. The molecule has 1 saturated heterocycles. The smallest absolute Gasteiger partial charge is 0.157 e. The molecule has 1 heterocycles. The average molecular weight is 354 g/mol. The Bertz CT molecular complexity index is 508. The fourth-order valence-corrected chi connectivity index (χ4v) is 3.31. The van der Waals surface area contributed by atoms with Crippen LogP contribution in [-0.4, -0.2) is 36.4 Å². The molecule has 3 nitrogen and oxygen atoms in total. The number of piperidine rings is 1. The van der Waals surface area contributed by atoms with E-state index in [-0.39, 0.29) is 5.78 Å². The molecule has 0 N–H and O–H groups in total. The van der Waals surface area contributed by atoms with E-state index in [4.69, 9.17) is 4.74 Å². The Morgan fingerprint density at radius 2 is 1.95 bits per heavy atom. The molecule has 4 heteroatoms. The van der Waals surface area contributed by atoms with Gasteiger partial charge in [0.1, 0.15) is 5.75 Å². The molecule has 0 unspecified atom stereocenters. The van der Waals surface area contributed by atoms with Crippen LogP contribution in [0.3, 0.4) is 0 Å². The summed E-state index contributed by atoms with van der Waals surface area (Å²) in [7, 11) is 1.65. The van der Waals surface area contributed by atoms with Gasteiger partial charge in [-0.1, -0.05) is 22.4 Å². The van der Waals surface area contributed by atoms with Crippen molar-refractivity contribution in [2.24, 2.45) is 0 Å². The summed E-state index contributed by atoms with van der Waals surface area (Å²) >= 11 is 3.47. The quantitative estimate of drug-likeness (QED) is 0.805. The van der Waals surface area contributed by atoms with Gasteiger partial charge < -0.3 is 4.74 Å². The second-order valence-electron chi connectivity index (χ2n) is 6.16. The van der Waals surface area contributed by atoms with E-state index in [0.29, 0.717) is 6.42 Å². The summed E-state index contributed by atoms with van der Waals surface area (Å²) < 4.78 is 6.35. The molecule has 0 radical (unpaired) electrons. The lowest BCUT2D eigenvalue weighted by atomic mass is 9.89. The predicted molar refractivity (Wildman–Crippen MR) is 88.9 cm³/mol. The van der Waals surface area contributed by atoms with Gasteiger partial charge >= 0.3 is 0 Å². The molecular formula is C17H24BrNO2. The molecule has 0 aromatic heterocycles. The summed E-state index contributed by atoms with van der Waals surface area (Å²) in [4.78, 5) is 15.1. The van der Waals surface area contributed by atoms with Gasteiger partial charge in [0, 0.05) is 16.5 Å². The summed E-state index contributed by atoms with van der Waals surface area (Å²) in [5.41, 5.74) is 0.537. The number of methoxy groups -OCH3 is 1. The Labute approximate surface area is 135 Å². The highest BCUT2D eigenvalue weighted by atomic mass is 79.9. The third-order valence-corrected chi connectivity index (χ3v) is 4.92. The van der Waals surface area contributed by atoms with Crippen LogP contribution in [-0.2, 0) is 11.2 Å². The van der Waals surface area contributed by atoms with Crippen molar-refractivity contribution < 1.29 is 9.53 Å². The third-order valence-electron chi connectivity index (χ3n) is 4.42. The van der Waals surface area contributed by atoms with Crippen LogP contribution in [0, 0.1) is 0 Å². The summed E-state index contributed by atoms with van der Waals surface area (Å²) in [5, 5.41) is 0. The largest absolute Gasteiger partial charge is 0.496 e. The first-order chi connectivity index (χ1) is 9.95. The van der Waals surface area contributed by atoms with Crippen LogP contribution in [0.4, 0.5) is 0 Å². The number of nitrogens with zero attached hydrogens (tertiary/aromatic N) is 1. The van der Waals surface area contributed by atoms with Crippen molar-refractivity contribution in [2.75, 3.05) is 20.2 Å². The van der Waals surface area contributed by atoms with E-state index >= 15 is 0 Å². The molecule has 21 heavy (non-hydrogen) atoms. The van der Waals surface area contributed by atoms with Crippen molar-refractivity contribution in [3.63, 3.8) is 0 Å². The number of benzene rings is 1. The van der Waals surface area contributed by atoms with E-state index in [0.717, 1.165) is 28.9 Å². The van der Waals surface area contributed by atoms with Gasteiger partial charge in [-0.3, -0.25) is 9.69 Å². The zero-order valence-corrected chi connectivity index (χ0v) is 14.7. The van der Waals surface area contributed by atoms with Crippen molar-refractivity contribution in [3.8, 4) is 5.75 Å². The molecule has 2 rings (SSSR count). The minimum Gasteiger partial charge on any atom is -0.496 e. The van der Waals surface area contributed by atoms with E-state index < -0.39 is 5.54 Å². The molecule has 0 saturated carbocycles. The third kappa shape index (κ3) is 3.86. The maximum absolute atomic E-state index is 12.8. The van der Waals surface area contributed by atoms with Gasteiger partial charge in [-0.15, -0.1) is 0 Å². The molecule has 116 valence electrons. The van der Waals surface area contributed by atoms with E-state index in [1.54, 1.807) is 7.11 Å². The molecule has 1 fully saturated rings. The van der Waals surface area contributed by atoms with Gasteiger partial charge in [0.05, 0.1) is 12.6 Å². The lowest BCUT2D eigenvalue weighted by molar-refractivity contribution is -0.129. The highest BCUT2D eigenvalue weighted by Gasteiger charge is 2.35. The summed E-state index contributed by atoms with van der Waals surface area (Å²) in [6, 6.07) is 5.81. The van der Waals surface area contributed by atoms with Crippen molar-refractivity contribution >= 4 is 21.7 Å². The number of ether oxygens (including phenoxy) is 1. The minimum atomic E-state index is -0.409. The molecule has 1 aliphatic rings. The van der Waals surface area contributed by atoms with Crippen molar-refractivity contribution in [2.45, 2.75) is 45.1 Å². The van der Waals surface area contributed by atoms with Crippen LogP contribution < -0.4 is 4.74 Å². The topological polar surface area (TPSA) is 29.5 Å². The molecule has 0 bridgehead atoms. The maximum Gasteiger partial charge on any atom is 0.157 e. The molecule has 1 aromatic rings. The second kappa shape index (κ2) is 6.93. The van der Waals surface area contributed by atoms with Crippen molar-refractivity contribution in [1.29, 1.82) is 0 Å². The standard InChI is InChI=1S/C17H24BrNO2/c1-17(2,19-9-5-4-6-10-19)16(20)12-13-11-14(18)7-8-15(13)21-3/h7-8,11H,4-6,9-10,12H2,1-3H3. The Hall–Kier alpha value is -0.870. The van der Waals surface area contributed by atoms with E-state index in [1.165, 1.54) is 19.3 Å². The zero-order chi connectivity index (χ0) is 15.5. The number of halogens is 1. The number of carbonyl (C=O) groups excluding carboxylic acids is 1. The highest BCUT2D eigenvalue weighted by Crippen LogP contribution is 2.27. The van der Waals surface area contributed by atoms with Crippen LogP contribution >= 0.6 is 15.9 Å². The molecule has 0 atom stereocenters. The summed E-state index contributed by atoms with van der Waals surface area (Å²) in [6.07, 6.45) is 4.07. The molecule has 0 aliphatic carbocycles. The zero-order valence-electron chi connectivity index (χ0n) is 13.1. The number of hydrogen-bond donors (Lipinski definition) is 0. The van der Waals surface area contributed by atoms with Gasteiger partial charge in [0.15, 0.2) is 5.78 Å². The first-order valence-corrected chi connectivity index (χ1v) is 8.35. The number of ketones is 1. The van der Waals surface area contributed by atoms with Crippen LogP contribution in [0.15, 0.2) is 22.7 Å². The Morgan fingerprint density at radius 1 is 1.29 bits per heavy atom. The molecule has 0 amide bonds. The summed E-state index contributed by atoms with van der Waals surface area (Å²) in [5.74, 6) is 1.03. The molecule has 1 aromatic carbocycles. The predicted octanol–water partition coefficient (Wildman–Crippen LogP) is 3.83. The van der Waals surface area contributed by atoms with E-state index in [1.807, 2.05) is 32.0 Å². The fraction of sp³-hybridized carbons (Fsp3) is 0.588. The van der Waals surface area contributed by atoms with E-state index in [2.05, 4.69) is 20.8 Å². The Balaban J connectivity index is 2.14. The van der Waals surface area contributed by atoms with Gasteiger partial charge in [-0.25, -0.2) is 0 Å². The fourth-order valence-electron chi connectivity index (χ4n) is 2.90. The van der Waals surface area contributed by atoms with E-state index in [9.17, 15) is 4.79 Å². The highest BCUT2D eigenvalue weighted by molar-refractivity contribution is 9.10. The Morgan fingerprint density at radius 3 is 2.57 bits per heavy atom. The summed E-state index contributed by atoms with van der Waals surface area (Å²) in [6.45, 7) is 6.14. The number of rotatable bonds is 5. The van der Waals surface area contributed by atoms with Crippen LogP contribution in [0.5, 0.6) is 5.75 Å². The second-order valence-corrected chi connectivity index (χ2v) is 7.08. The van der Waals surface area contributed by atoms with Gasteiger partial charge in [0.2, 0.25) is 0 Å². The normalized spacial score (nSPS) is 16.8. The molecule has 0 spiro atoms. The number of Topliss-reactive ketones (excluding diaryl/α,β-unsaturated/α-hetero) is 1. The van der Waals surface area contributed by atoms with Crippen molar-refractivity contribution in [1.82, 2.24) is 4.90 Å². The van der Waals surface area contributed by atoms with Crippen LogP contribution in [0.25, 0.3) is 0 Å². The molecular weight excluding hydrogens is 330 g/mol. The number of carbonyl (C=O) groups is 1. The minimum absolute atomic E-state index is 0.251. The first kappa shape index (κ1) is 16.5.